The van der Waals surface area contributed by atoms with Crippen molar-refractivity contribution >= 4 is 18.1 Å². The summed E-state index contributed by atoms with van der Waals surface area (Å²) in [6, 6.07) is -0.203. The molecule has 1 atom stereocenters. The molecule has 1 amide bonds. The monoisotopic (exact) mass is 256 g/mol. The molecular formula is C11H20N4OS. The van der Waals surface area contributed by atoms with E-state index >= 15 is 0 Å². The Kier molecular flexibility index (Phi) is 4.86. The molecule has 1 rings (SSSR count). The number of carbonyl (C=O) groups is 1. The van der Waals surface area contributed by atoms with Crippen molar-refractivity contribution in [1.29, 1.82) is 0 Å². The minimum Gasteiger partial charge on any atom is -0.352 e. The average molecular weight is 256 g/mol. The number of carbonyl (C=O) groups excluding carboxylic acids is 1. The van der Waals surface area contributed by atoms with Gasteiger partial charge in [0.1, 0.15) is 11.9 Å². The van der Waals surface area contributed by atoms with E-state index < -0.39 is 0 Å². The van der Waals surface area contributed by atoms with Crippen molar-refractivity contribution < 1.29 is 4.79 Å². The second-order valence-corrected chi connectivity index (χ2v) is 4.79. The molecule has 96 valence electrons. The molecule has 0 radical (unpaired) electrons. The van der Waals surface area contributed by atoms with E-state index in [1.54, 1.807) is 4.57 Å². The zero-order valence-corrected chi connectivity index (χ0v) is 11.6. The van der Waals surface area contributed by atoms with E-state index in [4.69, 9.17) is 12.2 Å². The highest BCUT2D eigenvalue weighted by Crippen LogP contribution is 2.11. The fourth-order valence-corrected chi connectivity index (χ4v) is 1.97. The van der Waals surface area contributed by atoms with Gasteiger partial charge in [0.2, 0.25) is 5.91 Å². The second-order valence-electron chi connectivity index (χ2n) is 4.40. The summed E-state index contributed by atoms with van der Waals surface area (Å²) in [7, 11) is 0. The summed E-state index contributed by atoms with van der Waals surface area (Å²) in [6.07, 6.45) is 1.78. The number of aromatic nitrogens is 3. The van der Waals surface area contributed by atoms with Crippen LogP contribution in [0.3, 0.4) is 0 Å². The first-order chi connectivity index (χ1) is 7.97. The predicted octanol–water partition coefficient (Wildman–Crippen LogP) is 1.98. The van der Waals surface area contributed by atoms with Crippen molar-refractivity contribution in [2.75, 3.05) is 0 Å². The maximum Gasteiger partial charge on any atom is 0.243 e. The van der Waals surface area contributed by atoms with Gasteiger partial charge in [-0.25, -0.2) is 0 Å². The Hall–Kier alpha value is -1.17. The van der Waals surface area contributed by atoms with Crippen LogP contribution in [-0.2, 0) is 11.2 Å². The van der Waals surface area contributed by atoms with Crippen molar-refractivity contribution in [3.05, 3.63) is 10.6 Å². The molecule has 2 N–H and O–H groups in total. The molecule has 1 aromatic rings. The van der Waals surface area contributed by atoms with Crippen molar-refractivity contribution in [1.82, 2.24) is 20.1 Å². The molecule has 1 unspecified atom stereocenters. The zero-order valence-electron chi connectivity index (χ0n) is 10.8. The zero-order chi connectivity index (χ0) is 13.0. The Morgan fingerprint density at radius 2 is 2.18 bits per heavy atom. The van der Waals surface area contributed by atoms with E-state index in [0.717, 1.165) is 18.7 Å². The van der Waals surface area contributed by atoms with Crippen LogP contribution in [0.15, 0.2) is 0 Å². The van der Waals surface area contributed by atoms with E-state index in [2.05, 4.69) is 22.4 Å². The van der Waals surface area contributed by atoms with E-state index in [9.17, 15) is 4.79 Å². The van der Waals surface area contributed by atoms with Gasteiger partial charge in [0.25, 0.3) is 0 Å². The van der Waals surface area contributed by atoms with Gasteiger partial charge < -0.3 is 5.32 Å². The summed E-state index contributed by atoms with van der Waals surface area (Å²) in [5.41, 5.74) is 0. The van der Waals surface area contributed by atoms with Crippen LogP contribution >= 0.6 is 12.2 Å². The molecule has 6 heteroatoms. The van der Waals surface area contributed by atoms with Crippen LogP contribution in [0.5, 0.6) is 0 Å². The number of hydrogen-bond donors (Lipinski definition) is 2. The van der Waals surface area contributed by atoms with Crippen LogP contribution in [0.1, 0.15) is 46.0 Å². The van der Waals surface area contributed by atoms with Gasteiger partial charge in [-0.1, -0.05) is 6.92 Å². The lowest BCUT2D eigenvalue weighted by atomic mass is 10.2. The Morgan fingerprint density at radius 3 is 2.71 bits per heavy atom. The third-order valence-corrected chi connectivity index (χ3v) is 2.74. The van der Waals surface area contributed by atoms with Crippen molar-refractivity contribution in [2.24, 2.45) is 0 Å². The fraction of sp³-hybridized carbons (Fsp3) is 0.727. The highest BCUT2D eigenvalue weighted by atomic mass is 32.1. The SMILES string of the molecule is CCCc1n[nH]c(=S)n1C(C)C(=O)NC(C)C. The van der Waals surface area contributed by atoms with E-state index in [1.807, 2.05) is 20.8 Å². The molecule has 0 fully saturated rings. The predicted molar refractivity (Wildman–Crippen MR) is 69.4 cm³/mol. The quantitative estimate of drug-likeness (QED) is 0.792. The smallest absolute Gasteiger partial charge is 0.243 e. The van der Waals surface area contributed by atoms with Gasteiger partial charge in [-0.3, -0.25) is 14.5 Å². The van der Waals surface area contributed by atoms with E-state index in [0.29, 0.717) is 4.77 Å². The minimum absolute atomic E-state index is 0.0325. The molecule has 0 spiro atoms. The van der Waals surface area contributed by atoms with Gasteiger partial charge >= 0.3 is 0 Å². The molecule has 1 heterocycles. The van der Waals surface area contributed by atoms with Crippen molar-refractivity contribution in [3.8, 4) is 0 Å². The third kappa shape index (κ3) is 3.39. The lowest BCUT2D eigenvalue weighted by Gasteiger charge is -2.17. The first-order valence-corrected chi connectivity index (χ1v) is 6.34. The van der Waals surface area contributed by atoms with Crippen molar-refractivity contribution in [2.45, 2.75) is 52.6 Å². The molecular weight excluding hydrogens is 236 g/mol. The minimum atomic E-state index is -0.329. The number of H-pyrrole nitrogens is 1. The number of aromatic amines is 1. The van der Waals surface area contributed by atoms with Crippen LogP contribution in [0, 0.1) is 4.77 Å². The van der Waals surface area contributed by atoms with Crippen LogP contribution in [0.2, 0.25) is 0 Å². The number of aryl methyl sites for hydroxylation is 1. The molecule has 5 nitrogen and oxygen atoms in total. The number of nitrogens with zero attached hydrogens (tertiary/aromatic N) is 2. The summed E-state index contributed by atoms with van der Waals surface area (Å²) >= 11 is 5.16. The van der Waals surface area contributed by atoms with Crippen molar-refractivity contribution in [3.63, 3.8) is 0 Å². The Balaban J connectivity index is 2.94. The third-order valence-electron chi connectivity index (χ3n) is 2.45. The highest BCUT2D eigenvalue weighted by molar-refractivity contribution is 7.71. The van der Waals surface area contributed by atoms with Crippen LogP contribution in [0.4, 0.5) is 0 Å². The molecule has 0 saturated heterocycles. The lowest BCUT2D eigenvalue weighted by Crippen LogP contribution is -2.36. The molecule has 0 aliphatic carbocycles. The van der Waals surface area contributed by atoms with E-state index in [-0.39, 0.29) is 18.0 Å². The second kappa shape index (κ2) is 5.95. The first kappa shape index (κ1) is 13.9. The van der Waals surface area contributed by atoms with Gasteiger partial charge in [-0.05, 0) is 39.4 Å². The summed E-state index contributed by atoms with van der Waals surface area (Å²) in [5, 5.41) is 9.78. The van der Waals surface area contributed by atoms with Crippen LogP contribution < -0.4 is 5.32 Å². The summed E-state index contributed by atoms with van der Waals surface area (Å²) in [4.78, 5) is 11.9. The standard InChI is InChI=1S/C11H20N4OS/c1-5-6-9-13-14-11(17)15(9)8(4)10(16)12-7(2)3/h7-8H,5-6H2,1-4H3,(H,12,16)(H,14,17). The molecule has 1 aromatic heterocycles. The van der Waals surface area contributed by atoms with E-state index in [1.165, 1.54) is 0 Å². The molecule has 0 aromatic carbocycles. The highest BCUT2D eigenvalue weighted by Gasteiger charge is 2.19. The molecule has 17 heavy (non-hydrogen) atoms. The number of nitrogens with one attached hydrogen (secondary N) is 2. The maximum atomic E-state index is 11.9. The fourth-order valence-electron chi connectivity index (χ4n) is 1.66. The number of amides is 1. The van der Waals surface area contributed by atoms with Gasteiger partial charge in [0.15, 0.2) is 4.77 Å². The van der Waals surface area contributed by atoms with Gasteiger partial charge in [-0.15, -0.1) is 0 Å². The molecule has 0 saturated carbocycles. The number of hydrogen-bond acceptors (Lipinski definition) is 3. The van der Waals surface area contributed by atoms with Gasteiger partial charge in [0, 0.05) is 12.5 Å². The Morgan fingerprint density at radius 1 is 1.53 bits per heavy atom. The van der Waals surface area contributed by atoms with Gasteiger partial charge in [-0.2, -0.15) is 5.10 Å². The topological polar surface area (TPSA) is 62.7 Å². The first-order valence-electron chi connectivity index (χ1n) is 5.93. The Bertz CT molecular complexity index is 435. The lowest BCUT2D eigenvalue weighted by molar-refractivity contribution is -0.124. The van der Waals surface area contributed by atoms with Crippen LogP contribution in [-0.4, -0.2) is 26.7 Å². The summed E-state index contributed by atoms with van der Waals surface area (Å²) in [6.45, 7) is 7.78. The maximum absolute atomic E-state index is 11.9. The normalized spacial score (nSPS) is 12.8. The molecule has 0 aliphatic rings. The molecule has 0 bridgehead atoms. The molecule has 0 aliphatic heterocycles. The summed E-state index contributed by atoms with van der Waals surface area (Å²) in [5.74, 6) is 0.804. The van der Waals surface area contributed by atoms with Crippen LogP contribution in [0.25, 0.3) is 0 Å². The largest absolute Gasteiger partial charge is 0.352 e. The Labute approximate surface area is 107 Å². The van der Waals surface area contributed by atoms with Gasteiger partial charge in [0.05, 0.1) is 0 Å². The summed E-state index contributed by atoms with van der Waals surface area (Å²) < 4.78 is 2.29. The number of rotatable bonds is 5. The average Bonchev–Trinajstić information content (AvgIpc) is 2.58.